The molecule has 1 atom stereocenters. The van der Waals surface area contributed by atoms with Gasteiger partial charge in [-0.05, 0) is 23.8 Å². The number of anilines is 1. The maximum Gasteiger partial charge on any atom is 0.293 e. The molecule has 2 aliphatic rings. The number of benzene rings is 2. The second kappa shape index (κ2) is 8.15. The number of hydrogen-bond donors (Lipinski definition) is 3. The highest BCUT2D eigenvalue weighted by atomic mass is 79.9. The van der Waals surface area contributed by atoms with Crippen LogP contribution in [0.4, 0.5) is 5.69 Å². The Morgan fingerprint density at radius 2 is 1.87 bits per heavy atom. The summed E-state index contributed by atoms with van der Waals surface area (Å²) in [7, 11) is 0. The van der Waals surface area contributed by atoms with Crippen molar-refractivity contribution in [2.24, 2.45) is 0 Å². The number of nitrogens with one attached hydrogen (secondary N) is 2. The first-order chi connectivity index (χ1) is 14.5. The molecule has 156 valence electrons. The van der Waals surface area contributed by atoms with Crippen LogP contribution in [0.3, 0.4) is 0 Å². The molecule has 0 aromatic heterocycles. The van der Waals surface area contributed by atoms with Gasteiger partial charge in [-0.1, -0.05) is 46.3 Å². The molecule has 30 heavy (non-hydrogen) atoms. The SMILES string of the molecule is O=C(CN1C(=O)C2(OCCO2)c2cc(Br)ccc21)N[C@H](C(=O)NO)c1ccccc1. The Balaban J connectivity index is 1.59. The normalized spacial score (nSPS) is 17.7. The van der Waals surface area contributed by atoms with Crippen LogP contribution >= 0.6 is 15.9 Å². The molecule has 0 unspecified atom stereocenters. The number of amides is 3. The summed E-state index contributed by atoms with van der Waals surface area (Å²) >= 11 is 3.38. The number of rotatable bonds is 5. The zero-order valence-corrected chi connectivity index (χ0v) is 17.2. The standard InChI is InChI=1S/C20H18BrN3O6/c21-13-6-7-15-14(10-13)20(29-8-9-30-20)19(27)24(15)11-16(25)22-17(18(26)23-28)12-4-2-1-3-5-12/h1-7,10,17,28H,8-9,11H2,(H,22,25)(H,23,26)/t17-/m0/s1. The quantitative estimate of drug-likeness (QED) is 0.443. The van der Waals surface area contributed by atoms with Crippen molar-refractivity contribution in [3.8, 4) is 0 Å². The number of fused-ring (bicyclic) bond motifs is 2. The van der Waals surface area contributed by atoms with E-state index < -0.39 is 29.6 Å². The fourth-order valence-corrected chi connectivity index (χ4v) is 3.98. The maximum absolute atomic E-state index is 13.1. The summed E-state index contributed by atoms with van der Waals surface area (Å²) in [6.07, 6.45) is 0. The smallest absolute Gasteiger partial charge is 0.293 e. The lowest BCUT2D eigenvalue weighted by Gasteiger charge is -2.23. The fraction of sp³-hybridized carbons (Fsp3) is 0.250. The monoisotopic (exact) mass is 475 g/mol. The zero-order valence-electron chi connectivity index (χ0n) is 15.6. The molecule has 1 spiro atoms. The van der Waals surface area contributed by atoms with E-state index in [0.717, 1.165) is 4.47 Å². The van der Waals surface area contributed by atoms with Gasteiger partial charge in [-0.15, -0.1) is 0 Å². The van der Waals surface area contributed by atoms with E-state index in [9.17, 15) is 14.4 Å². The molecule has 0 bridgehead atoms. The molecule has 3 N–H and O–H groups in total. The summed E-state index contributed by atoms with van der Waals surface area (Å²) in [6, 6.07) is 12.5. The number of ether oxygens (including phenoxy) is 2. The van der Waals surface area contributed by atoms with Gasteiger partial charge in [0.25, 0.3) is 17.6 Å². The number of hydrogen-bond acceptors (Lipinski definition) is 6. The molecular formula is C20H18BrN3O6. The molecule has 2 heterocycles. The van der Waals surface area contributed by atoms with Crippen LogP contribution in [0.1, 0.15) is 17.2 Å². The van der Waals surface area contributed by atoms with Crippen molar-refractivity contribution in [3.05, 3.63) is 64.1 Å². The Hall–Kier alpha value is -2.79. The van der Waals surface area contributed by atoms with Crippen LogP contribution < -0.4 is 15.7 Å². The van der Waals surface area contributed by atoms with Crippen LogP contribution in [0.2, 0.25) is 0 Å². The highest BCUT2D eigenvalue weighted by Crippen LogP contribution is 2.46. The van der Waals surface area contributed by atoms with E-state index in [4.69, 9.17) is 14.7 Å². The lowest BCUT2D eigenvalue weighted by atomic mass is 10.1. The molecule has 0 saturated carbocycles. The van der Waals surface area contributed by atoms with Crippen molar-refractivity contribution in [2.45, 2.75) is 11.8 Å². The van der Waals surface area contributed by atoms with Crippen LogP contribution in [0, 0.1) is 0 Å². The number of hydroxylamine groups is 1. The van der Waals surface area contributed by atoms with Gasteiger partial charge in [0.05, 0.1) is 18.9 Å². The third-order valence-electron chi connectivity index (χ3n) is 4.94. The van der Waals surface area contributed by atoms with Gasteiger partial charge in [0.15, 0.2) is 0 Å². The van der Waals surface area contributed by atoms with Crippen molar-refractivity contribution in [2.75, 3.05) is 24.7 Å². The van der Waals surface area contributed by atoms with Gasteiger partial charge in [-0.2, -0.15) is 0 Å². The van der Waals surface area contributed by atoms with E-state index in [1.54, 1.807) is 54.0 Å². The molecule has 2 aromatic rings. The van der Waals surface area contributed by atoms with Crippen molar-refractivity contribution in [1.29, 1.82) is 0 Å². The molecule has 0 radical (unpaired) electrons. The first kappa shape index (κ1) is 20.5. The Morgan fingerprint density at radius 3 is 2.53 bits per heavy atom. The molecular weight excluding hydrogens is 458 g/mol. The van der Waals surface area contributed by atoms with Gasteiger partial charge < -0.3 is 14.8 Å². The van der Waals surface area contributed by atoms with Crippen molar-refractivity contribution in [1.82, 2.24) is 10.8 Å². The van der Waals surface area contributed by atoms with E-state index in [1.807, 2.05) is 0 Å². The summed E-state index contributed by atoms with van der Waals surface area (Å²) in [5.41, 5.74) is 3.04. The minimum Gasteiger partial charge on any atom is -0.339 e. The van der Waals surface area contributed by atoms with Crippen LogP contribution in [0.5, 0.6) is 0 Å². The molecule has 1 fully saturated rings. The lowest BCUT2D eigenvalue weighted by Crippen LogP contribution is -2.47. The summed E-state index contributed by atoms with van der Waals surface area (Å²) < 4.78 is 12.0. The van der Waals surface area contributed by atoms with E-state index >= 15 is 0 Å². The molecule has 1 saturated heterocycles. The molecule has 2 aromatic carbocycles. The molecule has 9 nitrogen and oxygen atoms in total. The first-order valence-electron chi connectivity index (χ1n) is 9.14. The van der Waals surface area contributed by atoms with Crippen LogP contribution in [0.25, 0.3) is 0 Å². The van der Waals surface area contributed by atoms with Crippen LogP contribution in [-0.2, 0) is 29.6 Å². The third-order valence-corrected chi connectivity index (χ3v) is 5.43. The number of halogens is 1. The van der Waals surface area contributed by atoms with E-state index in [0.29, 0.717) is 16.8 Å². The molecule has 4 rings (SSSR count). The van der Waals surface area contributed by atoms with Gasteiger partial charge in [0, 0.05) is 10.0 Å². The van der Waals surface area contributed by atoms with Crippen molar-refractivity contribution >= 4 is 39.3 Å². The summed E-state index contributed by atoms with van der Waals surface area (Å²) in [6.45, 7) is 0.152. The average Bonchev–Trinajstić information content (AvgIpc) is 3.33. The molecule has 10 heteroatoms. The Morgan fingerprint density at radius 1 is 1.17 bits per heavy atom. The van der Waals surface area contributed by atoms with E-state index in [1.165, 1.54) is 4.90 Å². The first-order valence-corrected chi connectivity index (χ1v) is 9.94. The zero-order chi connectivity index (χ0) is 21.3. The van der Waals surface area contributed by atoms with Gasteiger partial charge in [0.1, 0.15) is 12.6 Å². The van der Waals surface area contributed by atoms with E-state index in [-0.39, 0.29) is 19.8 Å². The van der Waals surface area contributed by atoms with Gasteiger partial charge in [-0.3, -0.25) is 24.5 Å². The summed E-state index contributed by atoms with van der Waals surface area (Å²) in [5.74, 6) is -3.47. The molecule has 0 aliphatic carbocycles. The highest BCUT2D eigenvalue weighted by Gasteiger charge is 2.56. The van der Waals surface area contributed by atoms with Gasteiger partial charge >= 0.3 is 0 Å². The van der Waals surface area contributed by atoms with E-state index in [2.05, 4.69) is 21.2 Å². The maximum atomic E-state index is 13.1. The largest absolute Gasteiger partial charge is 0.339 e. The summed E-state index contributed by atoms with van der Waals surface area (Å²) in [4.78, 5) is 39.3. The minimum absolute atomic E-state index is 0.254. The van der Waals surface area contributed by atoms with Crippen LogP contribution in [-0.4, -0.2) is 42.7 Å². The predicted octanol–water partition coefficient (Wildman–Crippen LogP) is 1.36. The number of carbonyl (C=O) groups is 3. The average molecular weight is 476 g/mol. The molecule has 3 amide bonds. The summed E-state index contributed by atoms with van der Waals surface area (Å²) in [5, 5.41) is 11.6. The minimum atomic E-state index is -1.57. The van der Waals surface area contributed by atoms with Crippen molar-refractivity contribution < 1.29 is 29.1 Å². The Labute approximate surface area is 180 Å². The van der Waals surface area contributed by atoms with Crippen molar-refractivity contribution in [3.63, 3.8) is 0 Å². The number of nitrogens with zero attached hydrogens (tertiary/aromatic N) is 1. The Bertz CT molecular complexity index is 993. The predicted molar refractivity (Wildman–Crippen MR) is 107 cm³/mol. The molecule has 2 aliphatic heterocycles. The Kier molecular flexibility index (Phi) is 5.56. The highest BCUT2D eigenvalue weighted by molar-refractivity contribution is 9.10. The third kappa shape index (κ3) is 3.47. The lowest BCUT2D eigenvalue weighted by molar-refractivity contribution is -0.180. The van der Waals surface area contributed by atoms with Gasteiger partial charge in [-0.25, -0.2) is 5.48 Å². The number of carbonyl (C=O) groups excluding carboxylic acids is 3. The fourth-order valence-electron chi connectivity index (χ4n) is 3.62. The second-order valence-corrected chi connectivity index (χ2v) is 7.67. The second-order valence-electron chi connectivity index (χ2n) is 6.75. The van der Waals surface area contributed by atoms with Crippen LogP contribution in [0.15, 0.2) is 53.0 Å². The topological polar surface area (TPSA) is 117 Å². The van der Waals surface area contributed by atoms with Gasteiger partial charge in [0.2, 0.25) is 5.91 Å².